The smallest absolute Gasteiger partial charge is 0.212 e. The van der Waals surface area contributed by atoms with Gasteiger partial charge in [0.1, 0.15) is 5.82 Å². The number of thiophene rings is 1. The summed E-state index contributed by atoms with van der Waals surface area (Å²) in [6.45, 7) is 0. The minimum absolute atomic E-state index is 0.222. The fourth-order valence-corrected chi connectivity index (χ4v) is 3.98. The van der Waals surface area contributed by atoms with Crippen molar-refractivity contribution < 1.29 is 4.39 Å². The highest BCUT2D eigenvalue weighted by molar-refractivity contribution is 7.13. The second-order valence-corrected chi connectivity index (χ2v) is 6.97. The second-order valence-electron chi connectivity index (χ2n) is 6.02. The van der Waals surface area contributed by atoms with Gasteiger partial charge in [0.25, 0.3) is 0 Å². The maximum absolute atomic E-state index is 15.0. The number of imidazole rings is 1. The van der Waals surface area contributed by atoms with Crippen LogP contribution in [0.4, 0.5) is 10.3 Å². The minimum atomic E-state index is -0.601. The van der Waals surface area contributed by atoms with Crippen LogP contribution in [-0.4, -0.2) is 15.5 Å². The van der Waals surface area contributed by atoms with Gasteiger partial charge in [0, 0.05) is 10.4 Å². The van der Waals surface area contributed by atoms with Crippen LogP contribution in [0.15, 0.2) is 65.0 Å². The van der Waals surface area contributed by atoms with Gasteiger partial charge in [-0.25, -0.2) is 14.4 Å². The van der Waals surface area contributed by atoms with Crippen LogP contribution in [0.3, 0.4) is 0 Å². The van der Waals surface area contributed by atoms with Crippen molar-refractivity contribution in [2.45, 2.75) is 6.17 Å². The zero-order valence-corrected chi connectivity index (χ0v) is 14.4. The number of aliphatic imine (C=N–C) groups is 1. The number of benzene rings is 2. The van der Waals surface area contributed by atoms with Crippen molar-refractivity contribution in [1.29, 1.82) is 0 Å². The molecule has 7 heteroatoms. The van der Waals surface area contributed by atoms with Crippen LogP contribution in [0.2, 0.25) is 0 Å². The van der Waals surface area contributed by atoms with Gasteiger partial charge in [-0.05, 0) is 35.2 Å². The molecule has 0 bridgehead atoms. The molecule has 5 nitrogen and oxygen atoms in total. The Bertz CT molecular complexity index is 1150. The highest BCUT2D eigenvalue weighted by Gasteiger charge is 2.27. The molecule has 2 aromatic heterocycles. The first-order valence-corrected chi connectivity index (χ1v) is 8.99. The van der Waals surface area contributed by atoms with Gasteiger partial charge in [-0.15, -0.1) is 11.3 Å². The number of hydrogen-bond acceptors (Lipinski definition) is 5. The van der Waals surface area contributed by atoms with Gasteiger partial charge < -0.3 is 5.73 Å². The molecule has 0 aliphatic carbocycles. The van der Waals surface area contributed by atoms with Crippen LogP contribution in [0, 0.1) is 5.82 Å². The van der Waals surface area contributed by atoms with Gasteiger partial charge >= 0.3 is 0 Å². The molecule has 1 aliphatic heterocycles. The molecule has 0 saturated carbocycles. The Morgan fingerprint density at radius 2 is 2.00 bits per heavy atom. The van der Waals surface area contributed by atoms with Gasteiger partial charge in [0.05, 0.1) is 11.0 Å². The third kappa shape index (κ3) is 2.28. The number of para-hydroxylation sites is 2. The van der Waals surface area contributed by atoms with E-state index in [1.165, 1.54) is 0 Å². The molecule has 3 heterocycles. The zero-order chi connectivity index (χ0) is 17.7. The molecule has 0 amide bonds. The summed E-state index contributed by atoms with van der Waals surface area (Å²) >= 11 is 1.58. The summed E-state index contributed by atoms with van der Waals surface area (Å²) in [5, 5.41) is 4.94. The molecule has 0 saturated heterocycles. The summed E-state index contributed by atoms with van der Waals surface area (Å²) < 4.78 is 16.9. The average molecular weight is 363 g/mol. The van der Waals surface area contributed by atoms with Crippen LogP contribution in [-0.2, 0) is 0 Å². The number of nitrogens with two attached hydrogens (primary N) is 1. The molecule has 0 fully saturated rings. The fourth-order valence-electron chi connectivity index (χ4n) is 3.26. The normalized spacial score (nSPS) is 16.2. The monoisotopic (exact) mass is 363 g/mol. The molecule has 4 aromatic rings. The first-order chi connectivity index (χ1) is 12.7. The first-order valence-electron chi connectivity index (χ1n) is 8.11. The van der Waals surface area contributed by atoms with Gasteiger partial charge in [-0.2, -0.15) is 0 Å². The highest BCUT2D eigenvalue weighted by atomic mass is 32.1. The predicted molar refractivity (Wildman–Crippen MR) is 103 cm³/mol. The zero-order valence-electron chi connectivity index (χ0n) is 13.6. The van der Waals surface area contributed by atoms with E-state index in [1.807, 2.05) is 52.4 Å². The van der Waals surface area contributed by atoms with Gasteiger partial charge in [0.2, 0.25) is 5.95 Å². The lowest BCUT2D eigenvalue weighted by molar-refractivity contribution is 0.551. The fraction of sp³-hybridized carbons (Fsp3) is 0.0526. The standard InChI is InChI=1S/C19H14FN5S/c20-13-10-11(16-6-3-9-26-16)7-8-12(13)17-23-18(21)24-19-22-14-4-1-2-5-15(14)25(17)19/h1-10,17H,(H3,21,22,23,24)/t17-/m1/s1. The molecule has 0 unspecified atom stereocenters. The molecule has 0 radical (unpaired) electrons. The predicted octanol–water partition coefficient (Wildman–Crippen LogP) is 4.19. The summed E-state index contributed by atoms with van der Waals surface area (Å²) in [4.78, 5) is 10.0. The van der Waals surface area contributed by atoms with Gasteiger partial charge in [-0.3, -0.25) is 9.88 Å². The van der Waals surface area contributed by atoms with E-state index in [0.29, 0.717) is 11.5 Å². The van der Waals surface area contributed by atoms with Crippen molar-refractivity contribution in [3.8, 4) is 10.4 Å². The summed E-state index contributed by atoms with van der Waals surface area (Å²) in [5.74, 6) is 0.466. The van der Waals surface area contributed by atoms with Gasteiger partial charge in [0.15, 0.2) is 12.1 Å². The Hall–Kier alpha value is -3.19. The SMILES string of the molecule is NC1=N[C@@H](c2ccc(-c3cccs3)cc2F)n2c(nc3ccccc32)N1. The number of hydrogen-bond donors (Lipinski definition) is 2. The van der Waals surface area contributed by atoms with Crippen LogP contribution in [0.5, 0.6) is 0 Å². The van der Waals surface area contributed by atoms with E-state index >= 15 is 0 Å². The molecule has 128 valence electrons. The Kier molecular flexibility index (Phi) is 3.29. The third-order valence-electron chi connectivity index (χ3n) is 4.43. The Morgan fingerprint density at radius 1 is 1.12 bits per heavy atom. The van der Waals surface area contributed by atoms with Crippen molar-refractivity contribution in [3.05, 3.63) is 71.4 Å². The lowest BCUT2D eigenvalue weighted by atomic mass is 10.1. The molecule has 1 atom stereocenters. The van der Waals surface area contributed by atoms with Crippen molar-refractivity contribution in [1.82, 2.24) is 9.55 Å². The van der Waals surface area contributed by atoms with E-state index in [2.05, 4.69) is 15.3 Å². The number of rotatable bonds is 2. The molecule has 2 aromatic carbocycles. The molecular weight excluding hydrogens is 349 g/mol. The van der Waals surface area contributed by atoms with E-state index in [-0.39, 0.29) is 11.8 Å². The van der Waals surface area contributed by atoms with Crippen molar-refractivity contribution >= 4 is 34.3 Å². The van der Waals surface area contributed by atoms with E-state index in [9.17, 15) is 4.39 Å². The number of nitrogens with one attached hydrogen (secondary N) is 1. The third-order valence-corrected chi connectivity index (χ3v) is 5.34. The maximum Gasteiger partial charge on any atom is 0.212 e. The van der Waals surface area contributed by atoms with Crippen molar-refractivity contribution in [2.75, 3.05) is 5.32 Å². The lowest BCUT2D eigenvalue weighted by Crippen LogP contribution is -2.31. The summed E-state index contributed by atoms with van der Waals surface area (Å²) in [6, 6.07) is 16.8. The maximum atomic E-state index is 15.0. The van der Waals surface area contributed by atoms with E-state index in [0.717, 1.165) is 21.5 Å². The number of anilines is 1. The Morgan fingerprint density at radius 3 is 2.81 bits per heavy atom. The molecule has 0 spiro atoms. The van der Waals surface area contributed by atoms with Crippen molar-refractivity contribution in [3.63, 3.8) is 0 Å². The lowest BCUT2D eigenvalue weighted by Gasteiger charge is -2.24. The molecule has 3 N–H and O–H groups in total. The Balaban J connectivity index is 1.67. The highest BCUT2D eigenvalue weighted by Crippen LogP contribution is 2.35. The largest absolute Gasteiger partial charge is 0.370 e. The summed E-state index contributed by atoms with van der Waals surface area (Å²) in [5.41, 5.74) is 8.91. The minimum Gasteiger partial charge on any atom is -0.370 e. The number of guanidine groups is 1. The Labute approximate surface area is 152 Å². The van der Waals surface area contributed by atoms with Crippen LogP contribution >= 0.6 is 11.3 Å². The number of nitrogens with zero attached hydrogens (tertiary/aromatic N) is 3. The molecule has 1 aliphatic rings. The van der Waals surface area contributed by atoms with Crippen molar-refractivity contribution in [2.24, 2.45) is 10.7 Å². The molecular formula is C19H14FN5S. The number of fused-ring (bicyclic) bond motifs is 3. The molecule has 26 heavy (non-hydrogen) atoms. The number of aromatic nitrogens is 2. The summed E-state index contributed by atoms with van der Waals surface area (Å²) in [7, 11) is 0. The first kappa shape index (κ1) is 15.1. The van der Waals surface area contributed by atoms with Crippen LogP contribution < -0.4 is 11.1 Å². The van der Waals surface area contributed by atoms with Gasteiger partial charge in [-0.1, -0.05) is 30.3 Å². The molecule has 5 rings (SSSR count). The van der Waals surface area contributed by atoms with E-state index in [1.54, 1.807) is 23.5 Å². The van der Waals surface area contributed by atoms with Crippen LogP contribution in [0.1, 0.15) is 11.7 Å². The summed E-state index contributed by atoms with van der Waals surface area (Å²) in [6.07, 6.45) is -0.601. The van der Waals surface area contributed by atoms with E-state index < -0.39 is 6.17 Å². The number of halogens is 1. The van der Waals surface area contributed by atoms with E-state index in [4.69, 9.17) is 5.73 Å². The van der Waals surface area contributed by atoms with Crippen LogP contribution in [0.25, 0.3) is 21.5 Å². The topological polar surface area (TPSA) is 68.2 Å². The average Bonchev–Trinajstić information content (AvgIpc) is 3.28. The second kappa shape index (κ2) is 5.67. The quantitative estimate of drug-likeness (QED) is 0.561.